The lowest BCUT2D eigenvalue weighted by Crippen LogP contribution is -2.03. The molecule has 2 aromatic rings. The van der Waals surface area contributed by atoms with Crippen LogP contribution in [0.5, 0.6) is 0 Å². The van der Waals surface area contributed by atoms with Gasteiger partial charge in [-0.1, -0.05) is 26.0 Å². The maximum absolute atomic E-state index is 5.27. The molecule has 0 aliphatic rings. The number of nitrogens with zero attached hydrogens (tertiary/aromatic N) is 2. The third-order valence-corrected chi connectivity index (χ3v) is 3.62. The van der Waals surface area contributed by atoms with Crippen LogP contribution in [0.2, 0.25) is 0 Å². The fourth-order valence-electron chi connectivity index (χ4n) is 2.01. The molecule has 1 heterocycles. The lowest BCUT2D eigenvalue weighted by molar-refractivity contribution is 0.176. The number of benzene rings is 1. The number of aromatic nitrogens is 3. The number of methoxy groups -OCH3 is 1. The van der Waals surface area contributed by atoms with Crippen LogP contribution in [-0.4, -0.2) is 21.9 Å². The highest BCUT2D eigenvalue weighted by Gasteiger charge is 2.09. The molecule has 1 N–H and O–H groups in total. The van der Waals surface area contributed by atoms with E-state index in [1.165, 1.54) is 5.56 Å². The molecule has 0 aliphatic heterocycles. The highest BCUT2D eigenvalue weighted by molar-refractivity contribution is 7.71. The number of rotatable bonds is 5. The molecular formula is C14H19N3OS. The van der Waals surface area contributed by atoms with Crippen molar-refractivity contribution >= 4 is 12.2 Å². The summed E-state index contributed by atoms with van der Waals surface area (Å²) < 4.78 is 7.62. The number of hydrogen-bond donors (Lipinski definition) is 1. The van der Waals surface area contributed by atoms with Crippen molar-refractivity contribution in [2.45, 2.75) is 32.8 Å². The van der Waals surface area contributed by atoms with Crippen LogP contribution in [0, 0.1) is 4.77 Å². The average molecular weight is 277 g/mol. The molecule has 0 saturated carbocycles. The van der Waals surface area contributed by atoms with E-state index >= 15 is 0 Å². The number of hydrogen-bond acceptors (Lipinski definition) is 3. The Morgan fingerprint density at radius 3 is 2.63 bits per heavy atom. The molecule has 4 nitrogen and oxygen atoms in total. The summed E-state index contributed by atoms with van der Waals surface area (Å²) in [7, 11) is 1.65. The molecule has 19 heavy (non-hydrogen) atoms. The van der Waals surface area contributed by atoms with Crippen molar-refractivity contribution in [1.29, 1.82) is 0 Å². The van der Waals surface area contributed by atoms with E-state index < -0.39 is 0 Å². The summed E-state index contributed by atoms with van der Waals surface area (Å²) in [4.78, 5) is 0. The van der Waals surface area contributed by atoms with E-state index in [0.717, 1.165) is 17.9 Å². The SMILES string of the molecule is CCC(C)c1ccc(-n2c(COC)n[nH]c2=S)cc1. The molecule has 0 aliphatic carbocycles. The van der Waals surface area contributed by atoms with Crippen LogP contribution in [0.25, 0.3) is 5.69 Å². The highest BCUT2D eigenvalue weighted by Crippen LogP contribution is 2.20. The molecule has 102 valence electrons. The monoisotopic (exact) mass is 277 g/mol. The lowest BCUT2D eigenvalue weighted by Gasteiger charge is -2.11. The van der Waals surface area contributed by atoms with Gasteiger partial charge in [-0.25, -0.2) is 0 Å². The zero-order valence-electron chi connectivity index (χ0n) is 11.5. The van der Waals surface area contributed by atoms with Crippen molar-refractivity contribution < 1.29 is 4.74 Å². The van der Waals surface area contributed by atoms with Crippen LogP contribution >= 0.6 is 12.2 Å². The van der Waals surface area contributed by atoms with Crippen LogP contribution in [0.4, 0.5) is 0 Å². The van der Waals surface area contributed by atoms with Crippen molar-refractivity contribution in [3.05, 3.63) is 40.4 Å². The van der Waals surface area contributed by atoms with Gasteiger partial charge in [-0.15, -0.1) is 0 Å². The Morgan fingerprint density at radius 2 is 2.05 bits per heavy atom. The van der Waals surface area contributed by atoms with E-state index in [0.29, 0.717) is 17.3 Å². The van der Waals surface area contributed by atoms with Crippen LogP contribution in [0.3, 0.4) is 0 Å². The fourth-order valence-corrected chi connectivity index (χ4v) is 2.27. The molecule has 1 unspecified atom stereocenters. The summed E-state index contributed by atoms with van der Waals surface area (Å²) in [5.74, 6) is 1.36. The van der Waals surface area contributed by atoms with E-state index in [-0.39, 0.29) is 0 Å². The van der Waals surface area contributed by atoms with Gasteiger partial charge in [-0.05, 0) is 42.3 Å². The summed E-state index contributed by atoms with van der Waals surface area (Å²) in [6, 6.07) is 8.45. The second-order valence-electron chi connectivity index (χ2n) is 4.61. The first kappa shape index (κ1) is 14.0. The molecule has 2 rings (SSSR count). The van der Waals surface area contributed by atoms with E-state index in [1.54, 1.807) is 7.11 Å². The van der Waals surface area contributed by atoms with Gasteiger partial charge in [0.25, 0.3) is 0 Å². The van der Waals surface area contributed by atoms with Crippen molar-refractivity contribution in [3.63, 3.8) is 0 Å². The van der Waals surface area contributed by atoms with Gasteiger partial charge in [-0.2, -0.15) is 5.10 Å². The van der Waals surface area contributed by atoms with E-state index in [9.17, 15) is 0 Å². The normalized spacial score (nSPS) is 12.6. The molecule has 0 amide bonds. The van der Waals surface area contributed by atoms with Crippen LogP contribution < -0.4 is 0 Å². The Balaban J connectivity index is 2.37. The predicted octanol–water partition coefficient (Wildman–Crippen LogP) is 3.59. The van der Waals surface area contributed by atoms with Gasteiger partial charge in [0.15, 0.2) is 10.6 Å². The number of ether oxygens (including phenoxy) is 1. The van der Waals surface area contributed by atoms with Gasteiger partial charge >= 0.3 is 0 Å². The van der Waals surface area contributed by atoms with E-state index in [1.807, 2.05) is 4.57 Å². The van der Waals surface area contributed by atoms with Crippen LogP contribution in [0.1, 0.15) is 37.6 Å². The minimum absolute atomic E-state index is 0.431. The van der Waals surface area contributed by atoms with Gasteiger partial charge in [0, 0.05) is 12.8 Å². The first-order valence-electron chi connectivity index (χ1n) is 6.43. The Morgan fingerprint density at radius 1 is 1.37 bits per heavy atom. The molecule has 0 spiro atoms. The van der Waals surface area contributed by atoms with E-state index in [4.69, 9.17) is 17.0 Å². The Labute approximate surface area is 118 Å². The Bertz CT molecular complexity index is 585. The number of nitrogens with one attached hydrogen (secondary N) is 1. The largest absolute Gasteiger partial charge is 0.377 e. The molecule has 5 heteroatoms. The standard InChI is InChI=1S/C14H19N3OS/c1-4-10(2)11-5-7-12(8-6-11)17-13(9-18-3)15-16-14(17)19/h5-8,10H,4,9H2,1-3H3,(H,16,19). The van der Waals surface area contributed by atoms with Gasteiger partial charge in [0.05, 0.1) is 0 Å². The zero-order valence-corrected chi connectivity index (χ0v) is 12.3. The summed E-state index contributed by atoms with van der Waals surface area (Å²) in [5, 5.41) is 6.98. The quantitative estimate of drug-likeness (QED) is 0.849. The minimum atomic E-state index is 0.431. The first-order chi connectivity index (χ1) is 9.17. The molecule has 1 aromatic carbocycles. The lowest BCUT2D eigenvalue weighted by atomic mass is 9.99. The summed E-state index contributed by atoms with van der Waals surface area (Å²) in [5.41, 5.74) is 2.35. The molecule has 0 saturated heterocycles. The predicted molar refractivity (Wildman–Crippen MR) is 78.2 cm³/mol. The zero-order chi connectivity index (χ0) is 13.8. The topological polar surface area (TPSA) is 42.8 Å². The molecule has 0 fully saturated rings. The summed E-state index contributed by atoms with van der Waals surface area (Å²) >= 11 is 5.27. The van der Waals surface area contributed by atoms with Gasteiger partial charge in [0.2, 0.25) is 0 Å². The number of aromatic amines is 1. The second-order valence-corrected chi connectivity index (χ2v) is 5.00. The Hall–Kier alpha value is -1.46. The number of H-pyrrole nitrogens is 1. The highest BCUT2D eigenvalue weighted by atomic mass is 32.1. The van der Waals surface area contributed by atoms with Crippen molar-refractivity contribution in [1.82, 2.24) is 14.8 Å². The van der Waals surface area contributed by atoms with Gasteiger partial charge in [0.1, 0.15) is 6.61 Å². The third kappa shape index (κ3) is 2.93. The minimum Gasteiger partial charge on any atom is -0.377 e. The van der Waals surface area contributed by atoms with Crippen molar-refractivity contribution in [2.75, 3.05) is 7.11 Å². The maximum Gasteiger partial charge on any atom is 0.199 e. The average Bonchev–Trinajstić information content (AvgIpc) is 2.80. The molecule has 0 bridgehead atoms. The fraction of sp³-hybridized carbons (Fsp3) is 0.429. The molecular weight excluding hydrogens is 258 g/mol. The third-order valence-electron chi connectivity index (χ3n) is 3.35. The maximum atomic E-state index is 5.27. The molecule has 0 radical (unpaired) electrons. The van der Waals surface area contributed by atoms with Crippen LogP contribution in [0.15, 0.2) is 24.3 Å². The van der Waals surface area contributed by atoms with Crippen molar-refractivity contribution in [3.8, 4) is 5.69 Å². The molecule has 1 aromatic heterocycles. The summed E-state index contributed by atoms with van der Waals surface area (Å²) in [6.07, 6.45) is 1.14. The van der Waals surface area contributed by atoms with Gasteiger partial charge in [-0.3, -0.25) is 9.67 Å². The van der Waals surface area contributed by atoms with Gasteiger partial charge < -0.3 is 4.74 Å². The van der Waals surface area contributed by atoms with E-state index in [2.05, 4.69) is 48.3 Å². The van der Waals surface area contributed by atoms with Crippen LogP contribution in [-0.2, 0) is 11.3 Å². The van der Waals surface area contributed by atoms with Crippen molar-refractivity contribution in [2.24, 2.45) is 0 Å². The summed E-state index contributed by atoms with van der Waals surface area (Å²) in [6.45, 7) is 4.86. The second kappa shape index (κ2) is 6.12. The Kier molecular flexibility index (Phi) is 4.50. The molecule has 1 atom stereocenters. The smallest absolute Gasteiger partial charge is 0.199 e. The first-order valence-corrected chi connectivity index (χ1v) is 6.83.